The largest absolute Gasteiger partial charge is 0.475 e. The molecule has 0 saturated heterocycles. The Morgan fingerprint density at radius 2 is 2.38 bits per heavy atom. The lowest BCUT2D eigenvalue weighted by molar-refractivity contribution is 0.219. The second kappa shape index (κ2) is 5.07. The van der Waals surface area contributed by atoms with Gasteiger partial charge in [0.25, 0.3) is 0 Å². The van der Waals surface area contributed by atoms with Crippen LogP contribution >= 0.6 is 0 Å². The molecule has 0 bridgehead atoms. The zero-order valence-corrected chi connectivity index (χ0v) is 9.03. The van der Waals surface area contributed by atoms with Gasteiger partial charge >= 0.3 is 0 Å². The SMILES string of the molecule is NCCC1=NCC(Cc2cccc(F)c2)O1. The van der Waals surface area contributed by atoms with Gasteiger partial charge in [0.2, 0.25) is 0 Å². The van der Waals surface area contributed by atoms with Gasteiger partial charge in [-0.25, -0.2) is 4.39 Å². The highest BCUT2D eigenvalue weighted by Gasteiger charge is 2.19. The Hall–Kier alpha value is -1.42. The number of benzene rings is 1. The maximum atomic E-state index is 13.0. The van der Waals surface area contributed by atoms with Gasteiger partial charge in [0.15, 0.2) is 5.90 Å². The van der Waals surface area contributed by atoms with Gasteiger partial charge in [-0.2, -0.15) is 0 Å². The van der Waals surface area contributed by atoms with E-state index in [2.05, 4.69) is 4.99 Å². The fourth-order valence-electron chi connectivity index (χ4n) is 1.77. The summed E-state index contributed by atoms with van der Waals surface area (Å²) >= 11 is 0. The second-order valence-corrected chi connectivity index (χ2v) is 3.85. The Morgan fingerprint density at radius 3 is 3.12 bits per heavy atom. The van der Waals surface area contributed by atoms with E-state index in [9.17, 15) is 4.39 Å². The number of halogens is 1. The van der Waals surface area contributed by atoms with Crippen LogP contribution in [0.2, 0.25) is 0 Å². The highest BCUT2D eigenvalue weighted by Crippen LogP contribution is 2.13. The Kier molecular flexibility index (Phi) is 3.51. The van der Waals surface area contributed by atoms with Crippen molar-refractivity contribution in [1.82, 2.24) is 0 Å². The Balaban J connectivity index is 1.89. The molecule has 0 fully saturated rings. The Labute approximate surface area is 94.1 Å². The minimum atomic E-state index is -0.210. The molecular weight excluding hydrogens is 207 g/mol. The summed E-state index contributed by atoms with van der Waals surface area (Å²) in [5.41, 5.74) is 6.35. The van der Waals surface area contributed by atoms with Gasteiger partial charge in [0.05, 0.1) is 6.54 Å². The summed E-state index contributed by atoms with van der Waals surface area (Å²) in [7, 11) is 0. The number of ether oxygens (including phenoxy) is 1. The quantitative estimate of drug-likeness (QED) is 0.839. The molecule has 0 amide bonds. The van der Waals surface area contributed by atoms with E-state index in [4.69, 9.17) is 10.5 Å². The number of rotatable bonds is 4. The van der Waals surface area contributed by atoms with E-state index in [0.29, 0.717) is 25.9 Å². The van der Waals surface area contributed by atoms with Crippen molar-refractivity contribution in [2.75, 3.05) is 13.1 Å². The standard InChI is InChI=1S/C12H15FN2O/c13-10-3-1-2-9(6-10)7-11-8-15-12(16-11)4-5-14/h1-3,6,11H,4-5,7-8,14H2. The first kappa shape index (κ1) is 11.1. The monoisotopic (exact) mass is 222 g/mol. The zero-order chi connectivity index (χ0) is 11.4. The number of hydrogen-bond donors (Lipinski definition) is 1. The molecule has 1 aromatic rings. The number of nitrogens with two attached hydrogens (primary N) is 1. The summed E-state index contributed by atoms with van der Waals surface area (Å²) in [6, 6.07) is 6.58. The van der Waals surface area contributed by atoms with E-state index in [-0.39, 0.29) is 11.9 Å². The van der Waals surface area contributed by atoms with Gasteiger partial charge in [-0.3, -0.25) is 4.99 Å². The first-order valence-corrected chi connectivity index (χ1v) is 5.42. The smallest absolute Gasteiger partial charge is 0.185 e. The summed E-state index contributed by atoms with van der Waals surface area (Å²) in [6.45, 7) is 1.19. The van der Waals surface area contributed by atoms with Crippen molar-refractivity contribution >= 4 is 5.90 Å². The first-order valence-electron chi connectivity index (χ1n) is 5.42. The number of nitrogens with zero attached hydrogens (tertiary/aromatic N) is 1. The third-order valence-corrected chi connectivity index (χ3v) is 2.48. The van der Waals surface area contributed by atoms with E-state index in [1.807, 2.05) is 6.07 Å². The van der Waals surface area contributed by atoms with E-state index >= 15 is 0 Å². The molecule has 3 nitrogen and oxygen atoms in total. The lowest BCUT2D eigenvalue weighted by Crippen LogP contribution is -2.17. The van der Waals surface area contributed by atoms with Crippen molar-refractivity contribution in [3.8, 4) is 0 Å². The van der Waals surface area contributed by atoms with Crippen LogP contribution in [-0.4, -0.2) is 25.1 Å². The zero-order valence-electron chi connectivity index (χ0n) is 9.03. The van der Waals surface area contributed by atoms with Crippen LogP contribution in [0.4, 0.5) is 4.39 Å². The molecule has 2 N–H and O–H groups in total. The molecular formula is C12H15FN2O. The fraction of sp³-hybridized carbons (Fsp3) is 0.417. The van der Waals surface area contributed by atoms with E-state index < -0.39 is 0 Å². The highest BCUT2D eigenvalue weighted by molar-refractivity contribution is 5.77. The van der Waals surface area contributed by atoms with Gasteiger partial charge in [0.1, 0.15) is 11.9 Å². The average molecular weight is 222 g/mol. The van der Waals surface area contributed by atoms with Gasteiger partial charge < -0.3 is 10.5 Å². The maximum absolute atomic E-state index is 13.0. The molecule has 0 aromatic heterocycles. The van der Waals surface area contributed by atoms with Crippen molar-refractivity contribution in [1.29, 1.82) is 0 Å². The molecule has 1 atom stereocenters. The lowest BCUT2D eigenvalue weighted by Gasteiger charge is -2.10. The molecule has 0 saturated carbocycles. The summed E-state index contributed by atoms with van der Waals surface area (Å²) < 4.78 is 18.5. The molecule has 1 aliphatic rings. The minimum Gasteiger partial charge on any atom is -0.475 e. The molecule has 0 spiro atoms. The normalized spacial score (nSPS) is 19.4. The minimum absolute atomic E-state index is 0.0309. The van der Waals surface area contributed by atoms with Gasteiger partial charge in [-0.15, -0.1) is 0 Å². The van der Waals surface area contributed by atoms with Crippen molar-refractivity contribution in [2.24, 2.45) is 10.7 Å². The third-order valence-electron chi connectivity index (χ3n) is 2.48. The molecule has 16 heavy (non-hydrogen) atoms. The van der Waals surface area contributed by atoms with Crippen LogP contribution < -0.4 is 5.73 Å². The van der Waals surface area contributed by atoms with Crippen LogP contribution in [0.5, 0.6) is 0 Å². The molecule has 1 heterocycles. The van der Waals surface area contributed by atoms with Crippen LogP contribution in [0.25, 0.3) is 0 Å². The molecule has 1 unspecified atom stereocenters. The van der Waals surface area contributed by atoms with E-state index in [1.165, 1.54) is 12.1 Å². The van der Waals surface area contributed by atoms with E-state index in [1.54, 1.807) is 6.07 Å². The first-order chi connectivity index (χ1) is 7.78. The predicted molar refractivity (Wildman–Crippen MR) is 61.0 cm³/mol. The van der Waals surface area contributed by atoms with Crippen LogP contribution in [0.3, 0.4) is 0 Å². The van der Waals surface area contributed by atoms with Gasteiger partial charge in [-0.1, -0.05) is 12.1 Å². The van der Waals surface area contributed by atoms with Crippen molar-refractivity contribution in [3.05, 3.63) is 35.6 Å². The molecule has 86 valence electrons. The molecule has 2 rings (SSSR count). The number of hydrogen-bond acceptors (Lipinski definition) is 3. The van der Waals surface area contributed by atoms with Crippen molar-refractivity contribution < 1.29 is 9.13 Å². The summed E-state index contributed by atoms with van der Waals surface area (Å²) in [5.74, 6) is 0.516. The van der Waals surface area contributed by atoms with Crippen LogP contribution in [0.15, 0.2) is 29.3 Å². The van der Waals surface area contributed by atoms with Crippen LogP contribution in [0, 0.1) is 5.82 Å². The molecule has 1 aliphatic heterocycles. The van der Waals surface area contributed by atoms with E-state index in [0.717, 1.165) is 11.5 Å². The van der Waals surface area contributed by atoms with Crippen LogP contribution in [-0.2, 0) is 11.2 Å². The second-order valence-electron chi connectivity index (χ2n) is 3.85. The fourth-order valence-corrected chi connectivity index (χ4v) is 1.77. The van der Waals surface area contributed by atoms with Gasteiger partial charge in [0, 0.05) is 19.4 Å². The van der Waals surface area contributed by atoms with Gasteiger partial charge in [-0.05, 0) is 17.7 Å². The summed E-state index contributed by atoms with van der Waals surface area (Å²) in [6.07, 6.45) is 1.40. The Bertz CT molecular complexity index is 392. The topological polar surface area (TPSA) is 47.6 Å². The summed E-state index contributed by atoms with van der Waals surface area (Å²) in [5, 5.41) is 0. The Morgan fingerprint density at radius 1 is 1.50 bits per heavy atom. The summed E-state index contributed by atoms with van der Waals surface area (Å²) in [4.78, 5) is 4.25. The highest BCUT2D eigenvalue weighted by atomic mass is 19.1. The third kappa shape index (κ3) is 2.79. The maximum Gasteiger partial charge on any atom is 0.185 e. The number of aliphatic imine (C=N–C) groups is 1. The van der Waals surface area contributed by atoms with Crippen LogP contribution in [0.1, 0.15) is 12.0 Å². The predicted octanol–water partition coefficient (Wildman–Crippen LogP) is 1.51. The average Bonchev–Trinajstić information content (AvgIpc) is 2.66. The van der Waals surface area contributed by atoms with Crippen molar-refractivity contribution in [3.63, 3.8) is 0 Å². The van der Waals surface area contributed by atoms with Crippen molar-refractivity contribution in [2.45, 2.75) is 18.9 Å². The molecule has 4 heteroatoms. The molecule has 0 radical (unpaired) electrons. The molecule has 0 aliphatic carbocycles. The molecule has 1 aromatic carbocycles. The lowest BCUT2D eigenvalue weighted by atomic mass is 10.1.